The Bertz CT molecular complexity index is 4520. The molecule has 0 saturated carbocycles. The summed E-state index contributed by atoms with van der Waals surface area (Å²) in [4.78, 5) is 48.2. The number of hydrogen-bond acceptors (Lipinski definition) is 19. The van der Waals surface area contributed by atoms with E-state index in [9.17, 15) is 9.59 Å². The number of benzene rings is 5. The second-order valence-electron chi connectivity index (χ2n) is 49.2. The van der Waals surface area contributed by atoms with Crippen LogP contribution in [0.3, 0.4) is 0 Å². The van der Waals surface area contributed by atoms with Gasteiger partial charge in [0.05, 0.1) is 72.5 Å². The van der Waals surface area contributed by atoms with Gasteiger partial charge in [-0.15, -0.1) is 0 Å². The molecular weight excluding hydrogens is 1690 g/mol. The van der Waals surface area contributed by atoms with Crippen molar-refractivity contribution < 1.29 is 28.5 Å². The second kappa shape index (κ2) is 54.5. The number of amides is 1. The van der Waals surface area contributed by atoms with Crippen molar-refractivity contribution in [1.82, 2.24) is 55.8 Å². The monoisotopic (exact) mass is 1880 g/mol. The molecule has 3 aliphatic rings. The average molecular weight is 1880 g/mol. The molecule has 10 rings (SSSR count). The first-order valence-electron chi connectivity index (χ1n) is 50.9. The maximum atomic E-state index is 12.4. The minimum Gasteiger partial charge on any atom is -0.381 e. The van der Waals surface area contributed by atoms with Crippen LogP contribution in [0.15, 0.2) is 157 Å². The third kappa shape index (κ3) is 50.6. The van der Waals surface area contributed by atoms with Crippen molar-refractivity contribution in [3.05, 3.63) is 196 Å². The number of anilines is 3. The maximum Gasteiger partial charge on any atom is 0.251 e. The van der Waals surface area contributed by atoms with E-state index in [1.54, 1.807) is 10.6 Å². The van der Waals surface area contributed by atoms with Crippen molar-refractivity contribution >= 4 is 23.0 Å². The number of pyridine rings is 1. The average Bonchev–Trinajstić information content (AvgIpc) is 0.814. The molecule has 0 spiro atoms. The summed E-state index contributed by atoms with van der Waals surface area (Å²) in [5, 5.41) is 17.9. The summed E-state index contributed by atoms with van der Waals surface area (Å²) < 4.78 is 30.4. The standard InChI is InChI=1S/C24H36N2O2.C23H39N3O2.C23H41N3O.C23H35N3O.C22H39N3O/c1-18(25-24(5,6)7)19-8-10-20(11-9-19)21-12-13-26(22(27)16-21)14-15-28-17-23(2,3)4;1-22(2,3)18-28-16-11-21(27)26-14-12-25(13-15-26)20-9-7-19(8-10-20)17-24-23(4,5)6;1-19(24-23(5,6)7)20-8-10-21(11-9-20)26-14-12-25(13-15-26)16-17-27-18-22(2,3)4;1-17(26-23(5,6)7)19-8-10-20(11-9-19)21-24-14-18(15-25-21)12-13-27-16-22(2,3)4;1-21(2,3)18-26-16-15-24-11-13-25(14-12-24)20-9-7-19(8-10-20)17-23-22(4,5)6/h8-13,16,18,25H,14-15,17H2,1-7H3;7-10,24H,11-18H2,1-6H3;8-11,19,24H,12-18H2,1-7H3;8-11,14-15,17,26H,12-13,16H2,1-7H3;7-10,23H,11-18H2,1-6H3. The lowest BCUT2D eigenvalue weighted by Crippen LogP contribution is -2.49. The first-order chi connectivity index (χ1) is 63.2. The van der Waals surface area contributed by atoms with Crippen molar-refractivity contribution in [3.8, 4) is 22.5 Å². The molecule has 1 amide bonds. The molecule has 21 nitrogen and oxygen atoms in total. The van der Waals surface area contributed by atoms with E-state index in [1.165, 1.54) is 44.9 Å². The highest BCUT2D eigenvalue weighted by molar-refractivity contribution is 5.76. The first kappa shape index (κ1) is 117. The zero-order valence-electron chi connectivity index (χ0n) is 91.6. The minimum absolute atomic E-state index is 0.00343. The Morgan fingerprint density at radius 1 is 0.338 bits per heavy atom. The smallest absolute Gasteiger partial charge is 0.251 e. The lowest BCUT2D eigenvalue weighted by Gasteiger charge is -2.36. The Hall–Kier alpha value is -7.48. The van der Waals surface area contributed by atoms with Crippen molar-refractivity contribution in [2.45, 2.75) is 307 Å². The van der Waals surface area contributed by atoms with Crippen LogP contribution in [0.4, 0.5) is 17.1 Å². The molecule has 2 aromatic heterocycles. The lowest BCUT2D eigenvalue weighted by atomic mass is 9.99. The van der Waals surface area contributed by atoms with E-state index in [-0.39, 0.29) is 72.3 Å². The van der Waals surface area contributed by atoms with Gasteiger partial charge in [0.1, 0.15) is 0 Å². The highest BCUT2D eigenvalue weighted by Gasteiger charge is 2.27. The summed E-state index contributed by atoms with van der Waals surface area (Å²) in [6, 6.07) is 48.5. The SMILES string of the molecule is CC(C)(C)COCCC(=O)N1CCN(c2ccc(CNC(C)(C)C)cc2)CC1.CC(C)(C)COCCN1CCN(c2ccc(CNC(C)(C)C)cc2)CC1.CC(NC(C)(C)C)c1ccc(-c2ccn(CCOCC(C)(C)C)c(=O)c2)cc1.CC(NC(C)(C)C)c1ccc(-c2ncc(CCOCC(C)(C)C)cn2)cc1.CC(NC(C)(C)C)c1ccc(N2CCN(CCOCC(C)(C)C)CC2)cc1. The zero-order chi connectivity index (χ0) is 101. The summed E-state index contributed by atoms with van der Waals surface area (Å²) in [7, 11) is 0. The summed E-state index contributed by atoms with van der Waals surface area (Å²) in [6.07, 6.45) is 6.98. The predicted octanol–water partition coefficient (Wildman–Crippen LogP) is 22.0. The molecule has 7 aromatic rings. The Morgan fingerprint density at radius 2 is 0.647 bits per heavy atom. The molecular formula is C115H190N14O7. The van der Waals surface area contributed by atoms with E-state index in [1.807, 2.05) is 29.6 Å². The van der Waals surface area contributed by atoms with Gasteiger partial charge in [-0.2, -0.15) is 0 Å². The zero-order valence-corrected chi connectivity index (χ0v) is 91.6. The van der Waals surface area contributed by atoms with Gasteiger partial charge in [-0.25, -0.2) is 9.97 Å². The van der Waals surface area contributed by atoms with Gasteiger partial charge in [-0.1, -0.05) is 189 Å². The van der Waals surface area contributed by atoms with Crippen LogP contribution in [0.5, 0.6) is 0 Å². The van der Waals surface area contributed by atoms with Gasteiger partial charge in [0, 0.05) is 204 Å². The van der Waals surface area contributed by atoms with Crippen LogP contribution in [-0.2, 0) is 54.5 Å². The Morgan fingerprint density at radius 3 is 0.978 bits per heavy atom. The van der Waals surface area contributed by atoms with Crippen LogP contribution in [0.1, 0.15) is 286 Å². The van der Waals surface area contributed by atoms with E-state index < -0.39 is 0 Å². The van der Waals surface area contributed by atoms with Crippen molar-refractivity contribution in [3.63, 3.8) is 0 Å². The van der Waals surface area contributed by atoms with Crippen LogP contribution in [0.2, 0.25) is 0 Å². The van der Waals surface area contributed by atoms with Crippen molar-refractivity contribution in [2.75, 3.05) is 172 Å². The maximum absolute atomic E-state index is 12.4. The van der Waals surface area contributed by atoms with Gasteiger partial charge in [-0.3, -0.25) is 19.4 Å². The Balaban J connectivity index is 0.000000261. The van der Waals surface area contributed by atoms with E-state index in [0.717, 1.165) is 172 Å². The largest absolute Gasteiger partial charge is 0.381 e. The number of hydrogen-bond donors (Lipinski definition) is 5. The number of nitrogens with one attached hydrogen (secondary N) is 5. The molecule has 3 atom stereocenters. The Kier molecular flexibility index (Phi) is 47.0. The van der Waals surface area contributed by atoms with Crippen LogP contribution in [0, 0.1) is 27.1 Å². The lowest BCUT2D eigenvalue weighted by molar-refractivity contribution is -0.132. The third-order valence-electron chi connectivity index (χ3n) is 22.7. The van der Waals surface area contributed by atoms with Crippen LogP contribution in [-0.4, -0.2) is 221 Å². The van der Waals surface area contributed by atoms with Gasteiger partial charge in [0.2, 0.25) is 5.91 Å². The molecule has 21 heteroatoms. The van der Waals surface area contributed by atoms with Crippen molar-refractivity contribution in [1.29, 1.82) is 0 Å². The van der Waals surface area contributed by atoms with Gasteiger partial charge < -0.3 is 74.4 Å². The normalized spacial score (nSPS) is 15.5. The predicted molar refractivity (Wildman–Crippen MR) is 576 cm³/mol. The fraction of sp³-hybridized carbons (Fsp3) is 0.652. The number of carbonyl (C=O) groups excluding carboxylic acids is 1. The van der Waals surface area contributed by atoms with E-state index >= 15 is 0 Å². The number of aromatic nitrogens is 3. The molecule has 3 unspecified atom stereocenters. The van der Waals surface area contributed by atoms with Crippen LogP contribution >= 0.6 is 0 Å². The molecule has 5 N–H and O–H groups in total. The number of piperazine rings is 3. The fourth-order valence-electron chi connectivity index (χ4n) is 15.6. The van der Waals surface area contributed by atoms with E-state index in [2.05, 4.69) is 411 Å². The highest BCUT2D eigenvalue weighted by Crippen LogP contribution is 2.29. The Labute approximate surface area is 827 Å². The molecule has 3 aliphatic heterocycles. The second-order valence-corrected chi connectivity index (χ2v) is 49.2. The number of nitrogens with zero attached hydrogens (tertiary/aromatic N) is 9. The fourth-order valence-corrected chi connectivity index (χ4v) is 15.6. The summed E-state index contributed by atoms with van der Waals surface area (Å²) in [5.74, 6) is 0.967. The van der Waals surface area contributed by atoms with Crippen LogP contribution < -0.4 is 46.8 Å². The van der Waals surface area contributed by atoms with Gasteiger partial charge >= 0.3 is 0 Å². The highest BCUT2D eigenvalue weighted by atomic mass is 16.5. The topological polar surface area (TPSA) is 191 Å². The number of carbonyl (C=O) groups is 1. The molecule has 136 heavy (non-hydrogen) atoms. The molecule has 5 heterocycles. The summed E-state index contributed by atoms with van der Waals surface area (Å²) >= 11 is 0. The molecule has 762 valence electrons. The van der Waals surface area contributed by atoms with Gasteiger partial charge in [0.15, 0.2) is 5.82 Å². The van der Waals surface area contributed by atoms with Gasteiger partial charge in [0.25, 0.3) is 5.56 Å². The van der Waals surface area contributed by atoms with Gasteiger partial charge in [-0.05, 0) is 245 Å². The molecule has 0 radical (unpaired) electrons. The third-order valence-corrected chi connectivity index (χ3v) is 22.7. The molecule has 5 aromatic carbocycles. The minimum atomic E-state index is 0.00343. The number of ether oxygens (including phenoxy) is 5. The molecule has 0 bridgehead atoms. The molecule has 3 saturated heterocycles. The summed E-state index contributed by atoms with van der Waals surface area (Å²) in [5.41, 5.74) is 16.1. The van der Waals surface area contributed by atoms with E-state index in [4.69, 9.17) is 23.7 Å². The summed E-state index contributed by atoms with van der Waals surface area (Å²) in [6.45, 7) is 96.0. The molecule has 0 aliphatic carbocycles. The van der Waals surface area contributed by atoms with Crippen LogP contribution in [0.25, 0.3) is 22.5 Å². The van der Waals surface area contributed by atoms with E-state index in [0.29, 0.717) is 58.1 Å². The molecule has 3 fully saturated rings. The quantitative estimate of drug-likeness (QED) is 0.0236. The van der Waals surface area contributed by atoms with Crippen molar-refractivity contribution in [2.24, 2.45) is 27.1 Å². The number of rotatable bonds is 35. The first-order valence-corrected chi connectivity index (χ1v) is 50.9.